The number of nitrogens with zero attached hydrogens (tertiary/aromatic N) is 1. The molecule has 0 unspecified atom stereocenters. The minimum atomic E-state index is -0.573. The van der Waals surface area contributed by atoms with Crippen LogP contribution < -0.4 is 15.1 Å². The van der Waals surface area contributed by atoms with Gasteiger partial charge < -0.3 is 19.9 Å². The summed E-state index contributed by atoms with van der Waals surface area (Å²) in [5.74, 6) is -0.196. The number of benzene rings is 1. The van der Waals surface area contributed by atoms with Gasteiger partial charge in [0.15, 0.2) is 6.54 Å². The fraction of sp³-hybridized carbons (Fsp3) is 0.579. The van der Waals surface area contributed by atoms with Gasteiger partial charge in [0.1, 0.15) is 6.04 Å². The molecule has 1 atom stereocenters. The summed E-state index contributed by atoms with van der Waals surface area (Å²) in [6.07, 6.45) is 0.577. The molecule has 2 N–H and O–H groups in total. The van der Waals surface area contributed by atoms with Crippen molar-refractivity contribution in [3.05, 3.63) is 29.3 Å². The summed E-state index contributed by atoms with van der Waals surface area (Å²) < 4.78 is 4.80. The third-order valence-electron chi connectivity index (χ3n) is 4.60. The molecule has 1 aliphatic heterocycles. The van der Waals surface area contributed by atoms with E-state index >= 15 is 0 Å². The van der Waals surface area contributed by atoms with Gasteiger partial charge in [-0.1, -0.05) is 37.6 Å². The molecule has 7 heteroatoms. The molecule has 6 nitrogen and oxygen atoms in total. The number of nitrogens with one attached hydrogen (secondary N) is 2. The summed E-state index contributed by atoms with van der Waals surface area (Å²) in [4.78, 5) is 27.7. The molecule has 1 saturated heterocycles. The maximum atomic E-state index is 12.4. The zero-order valence-electron chi connectivity index (χ0n) is 15.8. The lowest BCUT2D eigenvalue weighted by Crippen LogP contribution is -3.16. The summed E-state index contributed by atoms with van der Waals surface area (Å²) >= 11 is 6.26. The third-order valence-corrected chi connectivity index (χ3v) is 4.92. The average molecular weight is 383 g/mol. The number of hydrogen-bond acceptors (Lipinski definition) is 4. The molecule has 1 heterocycles. The van der Waals surface area contributed by atoms with Gasteiger partial charge in [0, 0.05) is 0 Å². The van der Waals surface area contributed by atoms with Crippen molar-refractivity contribution in [3.63, 3.8) is 0 Å². The lowest BCUT2D eigenvalue weighted by atomic mass is 10.0. The number of methoxy groups -OCH3 is 1. The Kier molecular flexibility index (Phi) is 7.72. The van der Waals surface area contributed by atoms with E-state index in [-0.39, 0.29) is 11.9 Å². The summed E-state index contributed by atoms with van der Waals surface area (Å²) in [5, 5.41) is 3.58. The van der Waals surface area contributed by atoms with Crippen LogP contribution in [0.5, 0.6) is 0 Å². The van der Waals surface area contributed by atoms with Crippen LogP contribution >= 0.6 is 11.6 Å². The molecule has 144 valence electrons. The first-order chi connectivity index (χ1) is 12.4. The van der Waals surface area contributed by atoms with E-state index < -0.39 is 6.04 Å². The van der Waals surface area contributed by atoms with E-state index in [0.29, 0.717) is 18.9 Å². The van der Waals surface area contributed by atoms with E-state index in [4.69, 9.17) is 16.3 Å². The number of amides is 1. The first kappa shape index (κ1) is 20.5. The molecule has 0 spiro atoms. The quantitative estimate of drug-likeness (QED) is 0.683. The minimum Gasteiger partial charge on any atom is -0.467 e. The second-order valence-electron chi connectivity index (χ2n) is 7.14. The molecule has 26 heavy (non-hydrogen) atoms. The van der Waals surface area contributed by atoms with Gasteiger partial charge in [-0.05, 0) is 24.5 Å². The number of esters is 1. The van der Waals surface area contributed by atoms with Crippen molar-refractivity contribution in [1.82, 2.24) is 5.32 Å². The van der Waals surface area contributed by atoms with Gasteiger partial charge in [-0.15, -0.1) is 0 Å². The Morgan fingerprint density at radius 3 is 2.50 bits per heavy atom. The molecule has 0 aromatic heterocycles. The number of piperazine rings is 1. The van der Waals surface area contributed by atoms with Crippen LogP contribution in [-0.2, 0) is 14.3 Å². The number of hydrogen-bond donors (Lipinski definition) is 2. The molecule has 0 bridgehead atoms. The largest absolute Gasteiger partial charge is 0.467 e. The van der Waals surface area contributed by atoms with Crippen LogP contribution in [0.2, 0.25) is 5.02 Å². The number of para-hydroxylation sites is 1. The average Bonchev–Trinajstić information content (AvgIpc) is 2.61. The predicted molar refractivity (Wildman–Crippen MR) is 103 cm³/mol. The monoisotopic (exact) mass is 382 g/mol. The summed E-state index contributed by atoms with van der Waals surface area (Å²) in [6, 6.07) is 7.25. The van der Waals surface area contributed by atoms with E-state index in [2.05, 4.69) is 10.2 Å². The van der Waals surface area contributed by atoms with Crippen molar-refractivity contribution in [2.24, 2.45) is 5.92 Å². The van der Waals surface area contributed by atoms with Crippen LogP contribution in [0.1, 0.15) is 20.3 Å². The van der Waals surface area contributed by atoms with Crippen molar-refractivity contribution in [1.29, 1.82) is 0 Å². The number of carbonyl (C=O) groups is 2. The normalized spacial score (nSPS) is 16.4. The predicted octanol–water partition coefficient (Wildman–Crippen LogP) is 0.749. The number of halogens is 1. The number of rotatable bonds is 7. The van der Waals surface area contributed by atoms with Gasteiger partial charge in [-0.2, -0.15) is 0 Å². The molecular formula is C19H29ClN3O3+. The molecule has 0 radical (unpaired) electrons. The van der Waals surface area contributed by atoms with Gasteiger partial charge >= 0.3 is 5.97 Å². The lowest BCUT2D eigenvalue weighted by molar-refractivity contribution is -0.892. The third kappa shape index (κ3) is 5.88. The summed E-state index contributed by atoms with van der Waals surface area (Å²) in [6.45, 7) is 7.79. The van der Waals surface area contributed by atoms with Crippen LogP contribution in [0.15, 0.2) is 24.3 Å². The van der Waals surface area contributed by atoms with Gasteiger partial charge in [0.05, 0.1) is 44.0 Å². The molecule has 2 rings (SSSR count). The molecule has 0 aliphatic carbocycles. The summed E-state index contributed by atoms with van der Waals surface area (Å²) in [7, 11) is 1.35. The van der Waals surface area contributed by atoms with Crippen molar-refractivity contribution < 1.29 is 19.2 Å². The summed E-state index contributed by atoms with van der Waals surface area (Å²) in [5.41, 5.74) is 1.04. The fourth-order valence-corrected chi connectivity index (χ4v) is 3.50. The van der Waals surface area contributed by atoms with Crippen molar-refractivity contribution in [3.8, 4) is 0 Å². The standard InChI is InChI=1S/C19H28ClN3O3/c1-14(2)12-16(19(25)26-3)21-18(24)13-22-8-10-23(11-9-22)17-7-5-4-6-15(17)20/h4-7,14,16H,8-13H2,1-3H3,(H,21,24)/p+1/t16-/m0/s1. The van der Waals surface area contributed by atoms with Gasteiger partial charge in [-0.3, -0.25) is 4.79 Å². The van der Waals surface area contributed by atoms with E-state index in [9.17, 15) is 9.59 Å². The van der Waals surface area contributed by atoms with Crippen LogP contribution in [0.25, 0.3) is 0 Å². The zero-order valence-corrected chi connectivity index (χ0v) is 16.5. The molecule has 1 aliphatic rings. The highest BCUT2D eigenvalue weighted by molar-refractivity contribution is 6.33. The van der Waals surface area contributed by atoms with Crippen LogP contribution in [0, 0.1) is 5.92 Å². The number of quaternary nitrogens is 1. The SMILES string of the molecule is COC(=O)[C@H](CC(C)C)NC(=O)C[NH+]1CCN(c2ccccc2Cl)CC1. The van der Waals surface area contributed by atoms with Crippen LogP contribution in [0.4, 0.5) is 5.69 Å². The number of anilines is 1. The minimum absolute atomic E-state index is 0.109. The second kappa shape index (κ2) is 9.78. The van der Waals surface area contributed by atoms with E-state index in [0.717, 1.165) is 36.9 Å². The van der Waals surface area contributed by atoms with Crippen molar-refractivity contribution in [2.45, 2.75) is 26.3 Å². The smallest absolute Gasteiger partial charge is 0.328 e. The molecule has 1 amide bonds. The first-order valence-electron chi connectivity index (χ1n) is 9.11. The molecular weight excluding hydrogens is 354 g/mol. The lowest BCUT2D eigenvalue weighted by Gasteiger charge is -2.34. The topological polar surface area (TPSA) is 63.1 Å². The highest BCUT2D eigenvalue weighted by atomic mass is 35.5. The Balaban J connectivity index is 1.83. The number of ether oxygens (including phenoxy) is 1. The maximum absolute atomic E-state index is 12.4. The van der Waals surface area contributed by atoms with Crippen molar-refractivity contribution >= 4 is 29.2 Å². The van der Waals surface area contributed by atoms with Gasteiger partial charge in [-0.25, -0.2) is 4.79 Å². The first-order valence-corrected chi connectivity index (χ1v) is 9.48. The Labute approximate surface area is 160 Å². The molecule has 1 aromatic rings. The molecule has 1 aromatic carbocycles. The van der Waals surface area contributed by atoms with E-state index in [1.54, 1.807) is 0 Å². The Morgan fingerprint density at radius 1 is 1.27 bits per heavy atom. The van der Waals surface area contributed by atoms with Gasteiger partial charge in [0.2, 0.25) is 0 Å². The van der Waals surface area contributed by atoms with E-state index in [1.807, 2.05) is 38.1 Å². The van der Waals surface area contributed by atoms with Crippen LogP contribution in [0.3, 0.4) is 0 Å². The number of carbonyl (C=O) groups excluding carboxylic acids is 2. The van der Waals surface area contributed by atoms with E-state index in [1.165, 1.54) is 12.0 Å². The van der Waals surface area contributed by atoms with Gasteiger partial charge in [0.25, 0.3) is 5.91 Å². The van der Waals surface area contributed by atoms with Crippen LogP contribution in [-0.4, -0.2) is 57.8 Å². The maximum Gasteiger partial charge on any atom is 0.328 e. The zero-order chi connectivity index (χ0) is 19.1. The Hall–Kier alpha value is -1.79. The highest BCUT2D eigenvalue weighted by Gasteiger charge is 2.27. The highest BCUT2D eigenvalue weighted by Crippen LogP contribution is 2.24. The Morgan fingerprint density at radius 2 is 1.92 bits per heavy atom. The molecule has 1 fully saturated rings. The Bertz CT molecular complexity index is 616. The second-order valence-corrected chi connectivity index (χ2v) is 7.55. The fourth-order valence-electron chi connectivity index (χ4n) is 3.25. The van der Waals surface area contributed by atoms with Crippen molar-refractivity contribution in [2.75, 3.05) is 44.7 Å². The molecule has 0 saturated carbocycles.